The fourth-order valence-electron chi connectivity index (χ4n) is 5.17. The molecule has 1 atom stereocenters. The van der Waals surface area contributed by atoms with Crippen LogP contribution in [0.25, 0.3) is 31.7 Å². The number of hydrogen-bond donors (Lipinski definition) is 1. The second-order valence-electron chi connectivity index (χ2n) is 9.56. The quantitative estimate of drug-likeness (QED) is 0.182. The van der Waals surface area contributed by atoms with Crippen LogP contribution in [0.4, 0.5) is 0 Å². The van der Waals surface area contributed by atoms with E-state index in [0.29, 0.717) is 5.75 Å². The summed E-state index contributed by atoms with van der Waals surface area (Å²) in [5, 5.41) is 5.17. The Kier molecular flexibility index (Phi) is 6.89. The number of nitrogens with one attached hydrogen (secondary N) is 1. The van der Waals surface area contributed by atoms with Gasteiger partial charge < -0.3 is 5.32 Å². The highest BCUT2D eigenvalue weighted by Crippen LogP contribution is 2.43. The van der Waals surface area contributed by atoms with Gasteiger partial charge in [0.05, 0.1) is 21.7 Å². The van der Waals surface area contributed by atoms with Crippen LogP contribution in [0.2, 0.25) is 0 Å². The van der Waals surface area contributed by atoms with Crippen molar-refractivity contribution in [1.82, 2.24) is 20.3 Å². The van der Waals surface area contributed by atoms with Gasteiger partial charge in [0.2, 0.25) is 5.91 Å². The molecular weight excluding hydrogens is 496 g/mol. The van der Waals surface area contributed by atoms with E-state index < -0.39 is 0 Å². The van der Waals surface area contributed by atoms with Crippen molar-refractivity contribution < 1.29 is 4.79 Å². The van der Waals surface area contributed by atoms with Crippen LogP contribution >= 0.6 is 23.1 Å². The number of amides is 1. The zero-order chi connectivity index (χ0) is 25.2. The number of rotatable bonds is 8. The van der Waals surface area contributed by atoms with Crippen LogP contribution in [-0.4, -0.2) is 32.7 Å². The van der Waals surface area contributed by atoms with E-state index >= 15 is 0 Å². The van der Waals surface area contributed by atoms with E-state index in [1.54, 1.807) is 17.7 Å². The maximum absolute atomic E-state index is 12.7. The number of nitrogens with zero attached hydrogens (tertiary/aromatic N) is 3. The fraction of sp³-hybridized carbons (Fsp3) is 0.267. The Hall–Kier alpha value is -3.29. The maximum atomic E-state index is 12.7. The summed E-state index contributed by atoms with van der Waals surface area (Å²) >= 11 is 3.13. The average molecular weight is 525 g/mol. The third-order valence-corrected chi connectivity index (χ3v) is 9.14. The van der Waals surface area contributed by atoms with Crippen LogP contribution in [0, 0.1) is 0 Å². The number of aromatic nitrogens is 3. The standard InChI is InChI=1S/C30H28N4OS2/c1-19(15-16-20-9-4-2-5-10-20)33-24(35)17-36-30-28-27(31-18-32-30)25-22-13-8-14-23(22)26(34-29(25)37-28)21-11-6-3-7-12-21/h2-7,9-12,18-19H,8,13-17H2,1H3,(H,33,35)/t19-/m1/s1. The van der Waals surface area contributed by atoms with Gasteiger partial charge >= 0.3 is 0 Å². The van der Waals surface area contributed by atoms with Crippen LogP contribution in [0.3, 0.4) is 0 Å². The molecule has 0 aliphatic heterocycles. The monoisotopic (exact) mass is 524 g/mol. The Morgan fingerprint density at radius 1 is 1.03 bits per heavy atom. The Labute approximate surface area is 224 Å². The third-order valence-electron chi connectivity index (χ3n) is 6.94. The van der Waals surface area contributed by atoms with Gasteiger partial charge in [-0.15, -0.1) is 11.3 Å². The Morgan fingerprint density at radius 3 is 2.59 bits per heavy atom. The normalized spacial score (nSPS) is 13.6. The van der Waals surface area contributed by atoms with E-state index in [2.05, 4.69) is 70.7 Å². The lowest BCUT2D eigenvalue weighted by Crippen LogP contribution is -2.34. The fourth-order valence-corrected chi connectivity index (χ4v) is 7.21. The largest absolute Gasteiger partial charge is 0.353 e. The van der Waals surface area contributed by atoms with Gasteiger partial charge in [0, 0.05) is 17.0 Å². The first-order valence-corrected chi connectivity index (χ1v) is 14.6. The van der Waals surface area contributed by atoms with Crippen LogP contribution < -0.4 is 5.32 Å². The molecule has 1 N–H and O–H groups in total. The van der Waals surface area contributed by atoms with Crippen LogP contribution in [-0.2, 0) is 24.1 Å². The van der Waals surface area contributed by atoms with Gasteiger partial charge in [-0.3, -0.25) is 4.79 Å². The first-order valence-electron chi connectivity index (χ1n) is 12.8. The molecule has 3 heterocycles. The number of aryl methyl sites for hydroxylation is 2. The molecule has 7 heteroatoms. The Morgan fingerprint density at radius 2 is 1.78 bits per heavy atom. The molecule has 0 fully saturated rings. The zero-order valence-electron chi connectivity index (χ0n) is 20.7. The zero-order valence-corrected chi connectivity index (χ0v) is 22.4. The molecule has 0 radical (unpaired) electrons. The van der Waals surface area contributed by atoms with Gasteiger partial charge in [-0.25, -0.2) is 15.0 Å². The average Bonchev–Trinajstić information content (AvgIpc) is 3.56. The van der Waals surface area contributed by atoms with Crippen molar-refractivity contribution in [3.63, 3.8) is 0 Å². The maximum Gasteiger partial charge on any atom is 0.230 e. The van der Waals surface area contributed by atoms with E-state index in [0.717, 1.165) is 57.9 Å². The van der Waals surface area contributed by atoms with E-state index in [1.807, 2.05) is 12.1 Å². The van der Waals surface area contributed by atoms with Gasteiger partial charge in [0.1, 0.15) is 16.2 Å². The number of benzene rings is 2. The SMILES string of the molecule is C[C@H](CCc1ccccc1)NC(=O)CSc1ncnc2c1sc1nc(-c3ccccc3)c3c(c12)CCC3. The van der Waals surface area contributed by atoms with Gasteiger partial charge in [-0.1, -0.05) is 72.4 Å². The predicted octanol–water partition coefficient (Wildman–Crippen LogP) is 6.62. The topological polar surface area (TPSA) is 67.8 Å². The highest BCUT2D eigenvalue weighted by atomic mass is 32.2. The summed E-state index contributed by atoms with van der Waals surface area (Å²) in [6.07, 6.45) is 6.73. The molecule has 5 aromatic rings. The molecule has 37 heavy (non-hydrogen) atoms. The molecular formula is C30H28N4OS2. The lowest BCUT2D eigenvalue weighted by Gasteiger charge is -2.13. The molecule has 6 rings (SSSR count). The minimum absolute atomic E-state index is 0.0313. The molecule has 5 nitrogen and oxygen atoms in total. The molecule has 1 aliphatic rings. The molecule has 0 saturated heterocycles. The molecule has 0 bridgehead atoms. The molecule has 2 aromatic carbocycles. The molecule has 0 unspecified atom stereocenters. The van der Waals surface area contributed by atoms with E-state index in [9.17, 15) is 4.79 Å². The summed E-state index contributed by atoms with van der Waals surface area (Å²) < 4.78 is 1.03. The molecule has 3 aromatic heterocycles. The highest BCUT2D eigenvalue weighted by Gasteiger charge is 2.25. The smallest absolute Gasteiger partial charge is 0.230 e. The molecule has 186 valence electrons. The van der Waals surface area contributed by atoms with Gasteiger partial charge in [0.15, 0.2) is 0 Å². The number of thiophene rings is 1. The number of carbonyl (C=O) groups excluding carboxylic acids is 1. The van der Waals surface area contributed by atoms with Crippen molar-refractivity contribution in [2.45, 2.75) is 50.1 Å². The van der Waals surface area contributed by atoms with Crippen molar-refractivity contribution in [2.75, 3.05) is 5.75 Å². The van der Waals surface area contributed by atoms with Crippen molar-refractivity contribution in [3.8, 4) is 11.3 Å². The minimum atomic E-state index is 0.0313. The van der Waals surface area contributed by atoms with Gasteiger partial charge in [0.25, 0.3) is 0 Å². The third kappa shape index (κ3) is 4.98. The Balaban J connectivity index is 1.22. The highest BCUT2D eigenvalue weighted by molar-refractivity contribution is 8.00. The van der Waals surface area contributed by atoms with Crippen LogP contribution in [0.1, 0.15) is 36.5 Å². The van der Waals surface area contributed by atoms with Crippen molar-refractivity contribution in [2.24, 2.45) is 0 Å². The summed E-state index contributed by atoms with van der Waals surface area (Å²) in [6, 6.07) is 21.0. The number of hydrogen-bond acceptors (Lipinski definition) is 6. The molecule has 0 saturated carbocycles. The lowest BCUT2D eigenvalue weighted by atomic mass is 10.0. The minimum Gasteiger partial charge on any atom is -0.353 e. The predicted molar refractivity (Wildman–Crippen MR) is 153 cm³/mol. The van der Waals surface area contributed by atoms with Crippen LogP contribution in [0.15, 0.2) is 72.0 Å². The summed E-state index contributed by atoms with van der Waals surface area (Å²) in [7, 11) is 0. The lowest BCUT2D eigenvalue weighted by molar-refractivity contribution is -0.119. The second-order valence-corrected chi connectivity index (χ2v) is 11.5. The summed E-state index contributed by atoms with van der Waals surface area (Å²) in [5.74, 6) is 0.362. The number of fused-ring (bicyclic) bond motifs is 5. The molecule has 1 aliphatic carbocycles. The first kappa shape index (κ1) is 24.1. The summed E-state index contributed by atoms with van der Waals surface area (Å²) in [5.41, 5.74) is 7.27. The van der Waals surface area contributed by atoms with Gasteiger partial charge in [-0.05, 0) is 55.7 Å². The summed E-state index contributed by atoms with van der Waals surface area (Å²) in [6.45, 7) is 2.07. The van der Waals surface area contributed by atoms with Crippen molar-refractivity contribution in [3.05, 3.63) is 83.7 Å². The van der Waals surface area contributed by atoms with E-state index in [4.69, 9.17) is 4.98 Å². The number of carbonyl (C=O) groups is 1. The van der Waals surface area contributed by atoms with Crippen molar-refractivity contribution in [1.29, 1.82) is 0 Å². The molecule has 1 amide bonds. The molecule has 0 spiro atoms. The van der Waals surface area contributed by atoms with E-state index in [-0.39, 0.29) is 11.9 Å². The van der Waals surface area contributed by atoms with Crippen molar-refractivity contribution >= 4 is 49.4 Å². The number of thioether (sulfide) groups is 1. The second kappa shape index (κ2) is 10.6. The first-order chi connectivity index (χ1) is 18.2. The Bertz CT molecular complexity index is 1570. The van der Waals surface area contributed by atoms with Gasteiger partial charge in [-0.2, -0.15) is 0 Å². The van der Waals surface area contributed by atoms with E-state index in [1.165, 1.54) is 39.4 Å². The van der Waals surface area contributed by atoms with Crippen LogP contribution in [0.5, 0.6) is 0 Å². The summed E-state index contributed by atoms with van der Waals surface area (Å²) in [4.78, 5) is 28.1. The number of pyridine rings is 1.